The zero-order valence-electron chi connectivity index (χ0n) is 12.2. The molecule has 0 unspecified atom stereocenters. The molecule has 1 amide bonds. The van der Waals surface area contributed by atoms with Crippen molar-refractivity contribution in [2.75, 3.05) is 0 Å². The Morgan fingerprint density at radius 3 is 2.58 bits per heavy atom. The number of rotatable bonds is 3. The average Bonchev–Trinajstić information content (AvgIpc) is 2.57. The molecule has 2 aromatic carbocycles. The highest BCUT2D eigenvalue weighted by atomic mass is 35.5. The van der Waals surface area contributed by atoms with Crippen LogP contribution >= 0.6 is 11.6 Å². The van der Waals surface area contributed by atoms with Crippen molar-refractivity contribution in [3.8, 4) is 5.75 Å². The summed E-state index contributed by atoms with van der Waals surface area (Å²) in [5.41, 5.74) is 2.54. The van der Waals surface area contributed by atoms with Crippen molar-refractivity contribution in [2.24, 2.45) is 5.10 Å². The molecule has 0 atom stereocenters. The SMILES string of the molecule is O=C(N/N=C/c1c(O)ccc2ccc(=O)oc12)c1ccc(Cl)cc1. The van der Waals surface area contributed by atoms with Gasteiger partial charge in [0.2, 0.25) is 0 Å². The van der Waals surface area contributed by atoms with Gasteiger partial charge < -0.3 is 9.52 Å². The van der Waals surface area contributed by atoms with Crippen molar-refractivity contribution >= 4 is 34.7 Å². The molecule has 7 heteroatoms. The topological polar surface area (TPSA) is 91.9 Å². The lowest BCUT2D eigenvalue weighted by atomic mass is 10.1. The van der Waals surface area contributed by atoms with Gasteiger partial charge in [-0.3, -0.25) is 4.79 Å². The Hall–Kier alpha value is -3.12. The van der Waals surface area contributed by atoms with E-state index in [-0.39, 0.29) is 16.9 Å². The summed E-state index contributed by atoms with van der Waals surface area (Å²) in [5.74, 6) is -0.564. The predicted molar refractivity (Wildman–Crippen MR) is 90.7 cm³/mol. The summed E-state index contributed by atoms with van der Waals surface area (Å²) in [6, 6.07) is 12.2. The minimum atomic E-state index is -0.548. The molecular formula is C17H11ClN2O4. The van der Waals surface area contributed by atoms with E-state index in [2.05, 4.69) is 10.5 Å². The Labute approximate surface area is 141 Å². The molecule has 6 nitrogen and oxygen atoms in total. The average molecular weight is 343 g/mol. The fourth-order valence-corrected chi connectivity index (χ4v) is 2.22. The maximum atomic E-state index is 11.9. The third-order valence-electron chi connectivity index (χ3n) is 3.27. The van der Waals surface area contributed by atoms with Gasteiger partial charge in [-0.05, 0) is 42.5 Å². The maximum absolute atomic E-state index is 11.9. The third kappa shape index (κ3) is 3.28. The van der Waals surface area contributed by atoms with E-state index in [0.717, 1.165) is 0 Å². The van der Waals surface area contributed by atoms with Crippen LogP contribution in [0.3, 0.4) is 0 Å². The molecule has 120 valence electrons. The molecule has 0 saturated heterocycles. The van der Waals surface area contributed by atoms with Crippen LogP contribution in [0, 0.1) is 0 Å². The summed E-state index contributed by atoms with van der Waals surface area (Å²) < 4.78 is 5.09. The smallest absolute Gasteiger partial charge is 0.336 e. The van der Waals surface area contributed by atoms with E-state index in [1.54, 1.807) is 36.4 Å². The van der Waals surface area contributed by atoms with E-state index in [1.807, 2.05) is 0 Å². The summed E-state index contributed by atoms with van der Waals surface area (Å²) in [6.45, 7) is 0. The van der Waals surface area contributed by atoms with Crippen LogP contribution in [-0.2, 0) is 0 Å². The zero-order chi connectivity index (χ0) is 17.1. The van der Waals surface area contributed by atoms with Crippen molar-refractivity contribution in [1.82, 2.24) is 5.43 Å². The van der Waals surface area contributed by atoms with Crippen LogP contribution in [0.15, 0.2) is 62.8 Å². The molecule has 0 spiro atoms. The number of carbonyl (C=O) groups is 1. The van der Waals surface area contributed by atoms with Crippen LogP contribution in [0.5, 0.6) is 5.75 Å². The van der Waals surface area contributed by atoms with Gasteiger partial charge in [-0.25, -0.2) is 10.2 Å². The normalized spacial score (nSPS) is 11.0. The Kier molecular flexibility index (Phi) is 4.31. The molecule has 0 fully saturated rings. The van der Waals surface area contributed by atoms with Gasteiger partial charge in [-0.15, -0.1) is 0 Å². The number of benzene rings is 2. The number of halogens is 1. The van der Waals surface area contributed by atoms with Crippen molar-refractivity contribution in [3.05, 3.63) is 75.1 Å². The van der Waals surface area contributed by atoms with Crippen molar-refractivity contribution in [2.45, 2.75) is 0 Å². The van der Waals surface area contributed by atoms with Crippen LogP contribution < -0.4 is 11.1 Å². The number of amides is 1. The lowest BCUT2D eigenvalue weighted by Gasteiger charge is -2.03. The highest BCUT2D eigenvalue weighted by molar-refractivity contribution is 6.30. The number of hydrazone groups is 1. The van der Waals surface area contributed by atoms with E-state index in [0.29, 0.717) is 16.0 Å². The first-order valence-corrected chi connectivity index (χ1v) is 7.27. The molecule has 3 rings (SSSR count). The van der Waals surface area contributed by atoms with Gasteiger partial charge in [0.05, 0.1) is 11.8 Å². The molecule has 3 aromatic rings. The molecule has 0 aliphatic heterocycles. The van der Waals surface area contributed by atoms with Gasteiger partial charge in [0.25, 0.3) is 5.91 Å². The fraction of sp³-hybridized carbons (Fsp3) is 0. The number of nitrogens with one attached hydrogen (secondary N) is 1. The Morgan fingerprint density at radius 2 is 1.83 bits per heavy atom. The number of phenolic OH excluding ortho intramolecular Hbond substituents is 1. The second kappa shape index (κ2) is 6.55. The number of aromatic hydroxyl groups is 1. The number of phenols is 1. The van der Waals surface area contributed by atoms with Crippen molar-refractivity contribution < 1.29 is 14.3 Å². The number of nitrogens with zero attached hydrogens (tertiary/aromatic N) is 1. The van der Waals surface area contributed by atoms with E-state index < -0.39 is 11.5 Å². The third-order valence-corrected chi connectivity index (χ3v) is 3.52. The summed E-state index contributed by atoms with van der Waals surface area (Å²) in [5, 5.41) is 14.9. The Balaban J connectivity index is 1.86. The molecule has 0 aliphatic carbocycles. The van der Waals surface area contributed by atoms with Gasteiger partial charge in [0, 0.05) is 22.0 Å². The van der Waals surface area contributed by atoms with Crippen LogP contribution in [0.2, 0.25) is 5.02 Å². The van der Waals surface area contributed by atoms with Crippen molar-refractivity contribution in [1.29, 1.82) is 0 Å². The minimum absolute atomic E-state index is 0.124. The molecule has 24 heavy (non-hydrogen) atoms. The molecule has 2 N–H and O–H groups in total. The van der Waals surface area contributed by atoms with Gasteiger partial charge in [-0.2, -0.15) is 5.10 Å². The molecular weight excluding hydrogens is 332 g/mol. The number of fused-ring (bicyclic) bond motifs is 1. The second-order valence-corrected chi connectivity index (χ2v) is 5.31. The summed E-state index contributed by atoms with van der Waals surface area (Å²) in [6.07, 6.45) is 1.22. The Morgan fingerprint density at radius 1 is 1.12 bits per heavy atom. The predicted octanol–water partition coefficient (Wildman–Crippen LogP) is 2.92. The quantitative estimate of drug-likeness (QED) is 0.435. The van der Waals surface area contributed by atoms with Gasteiger partial charge in [0.15, 0.2) is 5.58 Å². The number of hydrogen-bond acceptors (Lipinski definition) is 5. The van der Waals surface area contributed by atoms with Crippen LogP contribution in [0.1, 0.15) is 15.9 Å². The summed E-state index contributed by atoms with van der Waals surface area (Å²) in [7, 11) is 0. The van der Waals surface area contributed by atoms with Gasteiger partial charge in [-0.1, -0.05) is 11.6 Å². The molecule has 1 aromatic heterocycles. The summed E-state index contributed by atoms with van der Waals surface area (Å²) >= 11 is 5.76. The maximum Gasteiger partial charge on any atom is 0.336 e. The lowest BCUT2D eigenvalue weighted by Crippen LogP contribution is -2.17. The fourth-order valence-electron chi connectivity index (χ4n) is 2.09. The van der Waals surface area contributed by atoms with Crippen LogP contribution in [0.4, 0.5) is 0 Å². The first-order valence-electron chi connectivity index (χ1n) is 6.89. The first kappa shape index (κ1) is 15.8. The molecule has 0 aliphatic rings. The van der Waals surface area contributed by atoms with Gasteiger partial charge >= 0.3 is 5.63 Å². The Bertz CT molecular complexity index is 994. The van der Waals surface area contributed by atoms with Crippen LogP contribution in [0.25, 0.3) is 11.0 Å². The van der Waals surface area contributed by atoms with E-state index >= 15 is 0 Å². The monoisotopic (exact) mass is 342 g/mol. The number of hydrogen-bond donors (Lipinski definition) is 2. The summed E-state index contributed by atoms with van der Waals surface area (Å²) in [4.78, 5) is 23.3. The largest absolute Gasteiger partial charge is 0.507 e. The van der Waals surface area contributed by atoms with Crippen LogP contribution in [-0.4, -0.2) is 17.2 Å². The molecule has 0 bridgehead atoms. The number of carbonyl (C=O) groups excluding carboxylic acids is 1. The van der Waals surface area contributed by atoms with Gasteiger partial charge in [0.1, 0.15) is 5.75 Å². The van der Waals surface area contributed by atoms with E-state index in [9.17, 15) is 14.7 Å². The molecule has 1 heterocycles. The second-order valence-electron chi connectivity index (χ2n) is 4.88. The standard InChI is InChI=1S/C17H11ClN2O4/c18-12-5-1-11(2-6-12)17(23)20-19-9-13-14(21)7-3-10-4-8-15(22)24-16(10)13/h1-9,21H,(H,20,23)/b19-9+. The highest BCUT2D eigenvalue weighted by Crippen LogP contribution is 2.24. The van der Waals surface area contributed by atoms with E-state index in [1.165, 1.54) is 18.3 Å². The minimum Gasteiger partial charge on any atom is -0.507 e. The highest BCUT2D eigenvalue weighted by Gasteiger charge is 2.09. The molecule has 0 radical (unpaired) electrons. The zero-order valence-corrected chi connectivity index (χ0v) is 12.9. The van der Waals surface area contributed by atoms with Crippen molar-refractivity contribution in [3.63, 3.8) is 0 Å². The first-order chi connectivity index (χ1) is 11.5. The van der Waals surface area contributed by atoms with E-state index in [4.69, 9.17) is 16.0 Å². The molecule has 0 saturated carbocycles. The lowest BCUT2D eigenvalue weighted by molar-refractivity contribution is 0.0955.